The highest BCUT2D eigenvalue weighted by Crippen LogP contribution is 2.34. The molecule has 0 heterocycles. The summed E-state index contributed by atoms with van der Waals surface area (Å²) in [6, 6.07) is 8.12. The zero-order valence-corrected chi connectivity index (χ0v) is 15.6. The molecule has 0 aliphatic carbocycles. The van der Waals surface area contributed by atoms with Crippen LogP contribution in [-0.4, -0.2) is 38.3 Å². The number of hydrogen-bond acceptors (Lipinski definition) is 7. The highest BCUT2D eigenvalue weighted by Gasteiger charge is 2.25. The van der Waals surface area contributed by atoms with Gasteiger partial charge in [0.2, 0.25) is 0 Å². The monoisotopic (exact) mass is 375 g/mol. The van der Waals surface area contributed by atoms with Crippen molar-refractivity contribution in [2.24, 2.45) is 0 Å². The van der Waals surface area contributed by atoms with Gasteiger partial charge in [-0.1, -0.05) is 18.2 Å². The number of ether oxygens (including phenoxy) is 4. The van der Waals surface area contributed by atoms with Crippen LogP contribution in [0, 0.1) is 24.0 Å². The quantitative estimate of drug-likeness (QED) is 0.302. The Bertz CT molecular complexity index is 828. The van der Waals surface area contributed by atoms with E-state index >= 15 is 0 Å². The van der Waals surface area contributed by atoms with Crippen molar-refractivity contribution in [3.63, 3.8) is 0 Å². The van der Waals surface area contributed by atoms with E-state index in [1.54, 1.807) is 0 Å². The van der Waals surface area contributed by atoms with Gasteiger partial charge in [0.1, 0.15) is 24.5 Å². The Morgan fingerprint density at radius 2 is 1.63 bits per heavy atom. The van der Waals surface area contributed by atoms with E-state index in [-0.39, 0.29) is 30.3 Å². The van der Waals surface area contributed by atoms with E-state index in [1.807, 2.05) is 32.0 Å². The summed E-state index contributed by atoms with van der Waals surface area (Å²) in [7, 11) is 2.72. The summed E-state index contributed by atoms with van der Waals surface area (Å²) in [5, 5.41) is 11.3. The Hall–Kier alpha value is -3.29. The largest absolute Gasteiger partial charge is 0.493 e. The van der Waals surface area contributed by atoms with Crippen molar-refractivity contribution >= 4 is 11.7 Å². The van der Waals surface area contributed by atoms with E-state index in [4.69, 9.17) is 18.9 Å². The molecule has 0 fully saturated rings. The third-order valence-electron chi connectivity index (χ3n) is 3.89. The number of nitro benzene ring substituents is 1. The fourth-order valence-electron chi connectivity index (χ4n) is 2.57. The Labute approximate surface area is 156 Å². The number of rotatable bonds is 8. The number of carbonyl (C=O) groups excluding carboxylic acids is 1. The van der Waals surface area contributed by atoms with E-state index in [2.05, 4.69) is 0 Å². The lowest BCUT2D eigenvalue weighted by Crippen LogP contribution is -2.14. The van der Waals surface area contributed by atoms with Gasteiger partial charge in [0.05, 0.1) is 25.2 Å². The lowest BCUT2D eigenvalue weighted by molar-refractivity contribution is -0.385. The summed E-state index contributed by atoms with van der Waals surface area (Å²) >= 11 is 0. The van der Waals surface area contributed by atoms with Gasteiger partial charge in [0, 0.05) is 6.07 Å². The van der Waals surface area contributed by atoms with Crippen LogP contribution < -0.4 is 14.2 Å². The van der Waals surface area contributed by atoms with Crippen molar-refractivity contribution in [2.75, 3.05) is 27.4 Å². The van der Waals surface area contributed by atoms with Crippen LogP contribution in [0.4, 0.5) is 5.69 Å². The molecule has 8 nitrogen and oxygen atoms in total. The van der Waals surface area contributed by atoms with E-state index in [0.29, 0.717) is 0 Å². The van der Waals surface area contributed by atoms with Crippen LogP contribution >= 0.6 is 0 Å². The summed E-state index contributed by atoms with van der Waals surface area (Å²) < 4.78 is 20.9. The van der Waals surface area contributed by atoms with Gasteiger partial charge in [0.15, 0.2) is 11.5 Å². The lowest BCUT2D eigenvalue weighted by atomic mass is 10.1. The lowest BCUT2D eigenvalue weighted by Gasteiger charge is -2.13. The molecule has 0 radical (unpaired) electrons. The molecule has 2 rings (SSSR count). The molecule has 8 heteroatoms. The minimum atomic E-state index is -0.840. The number of aryl methyl sites for hydroxylation is 2. The first-order valence-electron chi connectivity index (χ1n) is 8.15. The van der Waals surface area contributed by atoms with Crippen molar-refractivity contribution < 1.29 is 28.7 Å². The van der Waals surface area contributed by atoms with E-state index in [0.717, 1.165) is 22.9 Å². The predicted molar refractivity (Wildman–Crippen MR) is 97.9 cm³/mol. The second-order valence-electron chi connectivity index (χ2n) is 5.69. The number of nitrogens with zero attached hydrogens (tertiary/aromatic N) is 1. The number of para-hydroxylation sites is 1. The average molecular weight is 375 g/mol. The molecule has 0 atom stereocenters. The molecular formula is C19H21NO7. The fourth-order valence-corrected chi connectivity index (χ4v) is 2.57. The smallest absolute Gasteiger partial charge is 0.345 e. The standard InChI is InChI=1S/C19H21NO7/c1-12-6-5-7-13(2)18(12)26-8-9-27-19(21)14-10-16(24-3)17(25-4)11-15(14)20(22)23/h5-7,10-11H,8-9H2,1-4H3. The van der Waals surface area contributed by atoms with Crippen molar-refractivity contribution in [1.29, 1.82) is 0 Å². The topological polar surface area (TPSA) is 97.1 Å². The molecule has 144 valence electrons. The van der Waals surface area contributed by atoms with Crippen LogP contribution in [0.5, 0.6) is 17.2 Å². The zero-order valence-electron chi connectivity index (χ0n) is 15.6. The molecule has 0 amide bonds. The molecule has 0 bridgehead atoms. The van der Waals surface area contributed by atoms with Crippen LogP contribution in [0.15, 0.2) is 30.3 Å². The second kappa shape index (κ2) is 8.88. The number of esters is 1. The minimum absolute atomic E-state index is 0.0574. The first kappa shape index (κ1) is 20.0. The maximum atomic E-state index is 12.3. The van der Waals surface area contributed by atoms with Crippen LogP contribution in [0.3, 0.4) is 0 Å². The van der Waals surface area contributed by atoms with Gasteiger partial charge in [-0.3, -0.25) is 10.1 Å². The fraction of sp³-hybridized carbons (Fsp3) is 0.316. The SMILES string of the molecule is COc1cc(C(=O)OCCOc2c(C)cccc2C)c([N+](=O)[O-])cc1OC. The molecule has 0 aliphatic rings. The molecule has 0 aliphatic heterocycles. The molecule has 0 spiro atoms. The highest BCUT2D eigenvalue weighted by atomic mass is 16.6. The number of hydrogen-bond donors (Lipinski definition) is 0. The van der Waals surface area contributed by atoms with E-state index in [1.165, 1.54) is 20.3 Å². The van der Waals surface area contributed by atoms with E-state index in [9.17, 15) is 14.9 Å². The van der Waals surface area contributed by atoms with Crippen molar-refractivity contribution in [3.8, 4) is 17.2 Å². The van der Waals surface area contributed by atoms with Gasteiger partial charge in [-0.25, -0.2) is 4.79 Å². The summed E-state index contributed by atoms with van der Waals surface area (Å²) in [5.74, 6) is 0.236. The van der Waals surface area contributed by atoms with Crippen LogP contribution in [0.25, 0.3) is 0 Å². The van der Waals surface area contributed by atoms with Crippen LogP contribution in [-0.2, 0) is 4.74 Å². The van der Waals surface area contributed by atoms with E-state index < -0.39 is 16.6 Å². The number of nitro groups is 1. The molecule has 27 heavy (non-hydrogen) atoms. The summed E-state index contributed by atoms with van der Waals surface area (Å²) in [4.78, 5) is 22.9. The summed E-state index contributed by atoms with van der Waals surface area (Å²) in [6.07, 6.45) is 0. The normalized spacial score (nSPS) is 10.2. The molecular weight excluding hydrogens is 354 g/mol. The molecule has 0 aromatic heterocycles. The van der Waals surface area contributed by atoms with Crippen molar-refractivity contribution in [3.05, 3.63) is 57.1 Å². The first-order chi connectivity index (χ1) is 12.9. The maximum absolute atomic E-state index is 12.3. The Kier molecular flexibility index (Phi) is 6.59. The Morgan fingerprint density at radius 3 is 2.19 bits per heavy atom. The zero-order chi connectivity index (χ0) is 20.0. The Balaban J connectivity index is 2.08. The van der Waals surface area contributed by atoms with Gasteiger partial charge >= 0.3 is 5.97 Å². The molecule has 0 saturated heterocycles. The highest BCUT2D eigenvalue weighted by molar-refractivity contribution is 5.95. The molecule has 0 N–H and O–H groups in total. The second-order valence-corrected chi connectivity index (χ2v) is 5.69. The first-order valence-corrected chi connectivity index (χ1v) is 8.15. The van der Waals surface area contributed by atoms with Gasteiger partial charge in [-0.2, -0.15) is 0 Å². The average Bonchev–Trinajstić information content (AvgIpc) is 2.65. The molecule has 2 aromatic rings. The molecule has 0 unspecified atom stereocenters. The number of carbonyl (C=O) groups is 1. The number of methoxy groups -OCH3 is 2. The third kappa shape index (κ3) is 4.66. The van der Waals surface area contributed by atoms with Crippen molar-refractivity contribution in [2.45, 2.75) is 13.8 Å². The maximum Gasteiger partial charge on any atom is 0.345 e. The van der Waals surface area contributed by atoms with Gasteiger partial charge < -0.3 is 18.9 Å². The van der Waals surface area contributed by atoms with Gasteiger partial charge in [-0.05, 0) is 25.0 Å². The van der Waals surface area contributed by atoms with Crippen molar-refractivity contribution in [1.82, 2.24) is 0 Å². The Morgan fingerprint density at radius 1 is 1.04 bits per heavy atom. The molecule has 0 saturated carbocycles. The summed E-state index contributed by atoms with van der Waals surface area (Å²) in [5.41, 5.74) is 1.30. The van der Waals surface area contributed by atoms with Gasteiger partial charge in [-0.15, -0.1) is 0 Å². The molecule has 2 aromatic carbocycles. The summed E-state index contributed by atoms with van der Waals surface area (Å²) in [6.45, 7) is 3.90. The number of benzene rings is 2. The predicted octanol–water partition coefficient (Wildman–Crippen LogP) is 3.46. The van der Waals surface area contributed by atoms with Crippen LogP contribution in [0.2, 0.25) is 0 Å². The third-order valence-corrected chi connectivity index (χ3v) is 3.89. The van der Waals surface area contributed by atoms with Crippen LogP contribution in [0.1, 0.15) is 21.5 Å². The minimum Gasteiger partial charge on any atom is -0.493 e. The van der Waals surface area contributed by atoms with Gasteiger partial charge in [0.25, 0.3) is 5.69 Å².